The minimum Gasteiger partial charge on any atom is -0.481 e. The number of carbonyl (C=O) groups is 1. The standard InChI is InChI=1S/C21H20BrN3O4/c1-13(14-8-10-15(22)11-9-14)23-20(26)16-6-4-5-7-17(16)29-21-24-18(27-2)12-19(25-21)28-3/h4-13H,1-3H3,(H,23,26). The molecule has 0 spiro atoms. The molecule has 0 saturated carbocycles. The third-order valence-electron chi connectivity index (χ3n) is 4.13. The molecule has 150 valence electrons. The first kappa shape index (κ1) is 20.6. The number of hydrogen-bond donors (Lipinski definition) is 1. The number of ether oxygens (including phenoxy) is 3. The van der Waals surface area contributed by atoms with Crippen LogP contribution in [0.5, 0.6) is 23.5 Å². The summed E-state index contributed by atoms with van der Waals surface area (Å²) in [4.78, 5) is 21.1. The molecule has 1 amide bonds. The molecule has 0 saturated heterocycles. The summed E-state index contributed by atoms with van der Waals surface area (Å²) in [5.41, 5.74) is 1.35. The van der Waals surface area contributed by atoms with Crippen LogP contribution in [0.1, 0.15) is 28.9 Å². The van der Waals surface area contributed by atoms with Crippen LogP contribution in [-0.4, -0.2) is 30.1 Å². The van der Waals surface area contributed by atoms with Crippen molar-refractivity contribution in [2.45, 2.75) is 13.0 Å². The van der Waals surface area contributed by atoms with Gasteiger partial charge in [-0.2, -0.15) is 9.97 Å². The molecule has 0 aliphatic carbocycles. The first-order valence-corrected chi connectivity index (χ1v) is 9.59. The summed E-state index contributed by atoms with van der Waals surface area (Å²) in [5, 5.41) is 2.98. The Kier molecular flexibility index (Phi) is 6.66. The van der Waals surface area contributed by atoms with E-state index in [2.05, 4.69) is 31.2 Å². The van der Waals surface area contributed by atoms with Gasteiger partial charge < -0.3 is 19.5 Å². The van der Waals surface area contributed by atoms with Crippen LogP contribution in [0.3, 0.4) is 0 Å². The zero-order valence-electron chi connectivity index (χ0n) is 16.2. The van der Waals surface area contributed by atoms with E-state index < -0.39 is 0 Å². The Hall–Kier alpha value is -3.13. The normalized spacial score (nSPS) is 11.4. The van der Waals surface area contributed by atoms with Crippen LogP contribution in [0.4, 0.5) is 0 Å². The maximum absolute atomic E-state index is 12.9. The molecule has 3 rings (SSSR count). The summed E-state index contributed by atoms with van der Waals surface area (Å²) < 4.78 is 17.0. The molecular weight excluding hydrogens is 438 g/mol. The molecule has 0 aliphatic rings. The van der Waals surface area contributed by atoms with Crippen molar-refractivity contribution >= 4 is 21.8 Å². The zero-order valence-corrected chi connectivity index (χ0v) is 17.8. The van der Waals surface area contributed by atoms with E-state index in [4.69, 9.17) is 14.2 Å². The SMILES string of the molecule is COc1cc(OC)nc(Oc2ccccc2C(=O)NC(C)c2ccc(Br)cc2)n1. The smallest absolute Gasteiger partial charge is 0.328 e. The lowest BCUT2D eigenvalue weighted by atomic mass is 10.1. The van der Waals surface area contributed by atoms with E-state index in [1.54, 1.807) is 24.3 Å². The Bertz CT molecular complexity index is 973. The van der Waals surface area contributed by atoms with Crippen molar-refractivity contribution in [1.82, 2.24) is 15.3 Å². The quantitative estimate of drug-likeness (QED) is 0.560. The second-order valence-electron chi connectivity index (χ2n) is 6.08. The van der Waals surface area contributed by atoms with E-state index in [-0.39, 0.29) is 29.7 Å². The van der Waals surface area contributed by atoms with E-state index in [0.717, 1.165) is 10.0 Å². The minimum atomic E-state index is -0.272. The minimum absolute atomic E-state index is 0.0161. The summed E-state index contributed by atoms with van der Waals surface area (Å²) in [6.07, 6.45) is 0. The number of amides is 1. The van der Waals surface area contributed by atoms with Gasteiger partial charge in [0.25, 0.3) is 5.91 Å². The van der Waals surface area contributed by atoms with E-state index in [1.807, 2.05) is 31.2 Å². The van der Waals surface area contributed by atoms with Crippen LogP contribution in [0.25, 0.3) is 0 Å². The third kappa shape index (κ3) is 5.23. The molecule has 7 nitrogen and oxygen atoms in total. The van der Waals surface area contributed by atoms with Gasteiger partial charge in [0, 0.05) is 4.47 Å². The highest BCUT2D eigenvalue weighted by Crippen LogP contribution is 2.27. The van der Waals surface area contributed by atoms with Crippen molar-refractivity contribution < 1.29 is 19.0 Å². The van der Waals surface area contributed by atoms with Crippen LogP contribution < -0.4 is 19.5 Å². The molecule has 0 radical (unpaired) electrons. The van der Waals surface area contributed by atoms with Crippen LogP contribution in [-0.2, 0) is 0 Å². The zero-order chi connectivity index (χ0) is 20.8. The number of hydrogen-bond acceptors (Lipinski definition) is 6. The summed E-state index contributed by atoms with van der Waals surface area (Å²) in [5.74, 6) is 0.629. The maximum Gasteiger partial charge on any atom is 0.328 e. The van der Waals surface area contributed by atoms with Gasteiger partial charge in [-0.1, -0.05) is 40.2 Å². The number of carbonyl (C=O) groups excluding carboxylic acids is 1. The lowest BCUT2D eigenvalue weighted by Crippen LogP contribution is -2.27. The summed E-state index contributed by atoms with van der Waals surface area (Å²) >= 11 is 3.41. The van der Waals surface area contributed by atoms with E-state index in [9.17, 15) is 4.79 Å². The first-order valence-electron chi connectivity index (χ1n) is 8.80. The second kappa shape index (κ2) is 9.38. The molecule has 1 aromatic heterocycles. The van der Waals surface area contributed by atoms with Crippen LogP contribution in [0.2, 0.25) is 0 Å². The number of nitrogens with zero attached hydrogens (tertiary/aromatic N) is 2. The number of benzene rings is 2. The number of methoxy groups -OCH3 is 2. The molecular formula is C21H20BrN3O4. The Morgan fingerprint density at radius 1 is 1.00 bits per heavy atom. The molecule has 29 heavy (non-hydrogen) atoms. The molecule has 1 atom stereocenters. The number of aromatic nitrogens is 2. The Morgan fingerprint density at radius 3 is 2.24 bits per heavy atom. The van der Waals surface area contributed by atoms with Gasteiger partial charge in [0.1, 0.15) is 5.75 Å². The Morgan fingerprint density at radius 2 is 1.62 bits per heavy atom. The van der Waals surface area contributed by atoms with Crippen molar-refractivity contribution in [3.8, 4) is 23.5 Å². The molecule has 0 bridgehead atoms. The van der Waals surface area contributed by atoms with Crippen molar-refractivity contribution in [1.29, 1.82) is 0 Å². The topological polar surface area (TPSA) is 82.6 Å². The van der Waals surface area contributed by atoms with Crippen molar-refractivity contribution in [3.05, 3.63) is 70.2 Å². The van der Waals surface area contributed by atoms with Gasteiger partial charge in [0.05, 0.1) is 31.9 Å². The summed E-state index contributed by atoms with van der Waals surface area (Å²) in [6, 6.07) is 16.0. The first-order chi connectivity index (χ1) is 14.0. The monoisotopic (exact) mass is 457 g/mol. The number of para-hydroxylation sites is 1. The number of halogens is 1. The molecule has 0 fully saturated rings. The molecule has 8 heteroatoms. The lowest BCUT2D eigenvalue weighted by Gasteiger charge is -2.16. The van der Waals surface area contributed by atoms with Gasteiger partial charge in [-0.25, -0.2) is 0 Å². The molecule has 0 aliphatic heterocycles. The average Bonchev–Trinajstić information content (AvgIpc) is 2.74. The average molecular weight is 458 g/mol. The van der Waals surface area contributed by atoms with Gasteiger partial charge in [-0.3, -0.25) is 4.79 Å². The Balaban J connectivity index is 1.81. The second-order valence-corrected chi connectivity index (χ2v) is 7.00. The van der Waals surface area contributed by atoms with Gasteiger partial charge in [-0.15, -0.1) is 0 Å². The predicted octanol–water partition coefficient (Wildman–Crippen LogP) is 4.54. The predicted molar refractivity (Wildman–Crippen MR) is 112 cm³/mol. The largest absolute Gasteiger partial charge is 0.481 e. The van der Waals surface area contributed by atoms with Crippen molar-refractivity contribution in [3.63, 3.8) is 0 Å². The number of rotatable bonds is 7. The van der Waals surface area contributed by atoms with Crippen LogP contribution in [0.15, 0.2) is 59.1 Å². The van der Waals surface area contributed by atoms with E-state index >= 15 is 0 Å². The fraction of sp³-hybridized carbons (Fsp3) is 0.190. The van der Waals surface area contributed by atoms with Crippen LogP contribution >= 0.6 is 15.9 Å². The number of nitrogens with one attached hydrogen (secondary N) is 1. The molecule has 1 unspecified atom stereocenters. The summed E-state index contributed by atoms with van der Waals surface area (Å²) in [7, 11) is 2.97. The highest BCUT2D eigenvalue weighted by molar-refractivity contribution is 9.10. The van der Waals surface area contributed by atoms with Crippen LogP contribution in [0, 0.1) is 0 Å². The lowest BCUT2D eigenvalue weighted by molar-refractivity contribution is 0.0937. The highest BCUT2D eigenvalue weighted by Gasteiger charge is 2.17. The maximum atomic E-state index is 12.9. The molecule has 3 aromatic rings. The Labute approximate surface area is 177 Å². The fourth-order valence-corrected chi connectivity index (χ4v) is 2.85. The van der Waals surface area contributed by atoms with Crippen molar-refractivity contribution in [2.24, 2.45) is 0 Å². The fourth-order valence-electron chi connectivity index (χ4n) is 2.59. The molecule has 2 aromatic carbocycles. The van der Waals surface area contributed by atoms with Gasteiger partial charge in [0.15, 0.2) is 0 Å². The molecule has 1 N–H and O–H groups in total. The van der Waals surface area contributed by atoms with Gasteiger partial charge in [-0.05, 0) is 36.8 Å². The molecule has 1 heterocycles. The van der Waals surface area contributed by atoms with E-state index in [0.29, 0.717) is 11.3 Å². The van der Waals surface area contributed by atoms with E-state index in [1.165, 1.54) is 20.3 Å². The van der Waals surface area contributed by atoms with Crippen molar-refractivity contribution in [2.75, 3.05) is 14.2 Å². The summed E-state index contributed by atoms with van der Waals surface area (Å²) in [6.45, 7) is 1.92. The highest BCUT2D eigenvalue weighted by atomic mass is 79.9. The third-order valence-corrected chi connectivity index (χ3v) is 4.66. The van der Waals surface area contributed by atoms with Gasteiger partial charge >= 0.3 is 6.01 Å². The van der Waals surface area contributed by atoms with Gasteiger partial charge in [0.2, 0.25) is 11.8 Å².